The first-order valence-corrected chi connectivity index (χ1v) is 7.06. The number of carbonyl (C=O) groups excluding carboxylic acids is 1. The molecular weight excluding hydrogens is 212 g/mol. The maximum absolute atomic E-state index is 11.8. The maximum Gasteiger partial charge on any atom is 0.225 e. The number of rotatable bonds is 5. The van der Waals surface area contributed by atoms with Crippen LogP contribution in [0.1, 0.15) is 47.0 Å². The molecule has 1 N–H and O–H groups in total. The van der Waals surface area contributed by atoms with Gasteiger partial charge in [-0.15, -0.1) is 0 Å². The molecule has 1 atom stereocenters. The van der Waals surface area contributed by atoms with Crippen LogP contribution in [-0.2, 0) is 4.79 Å². The van der Waals surface area contributed by atoms with Crippen LogP contribution in [0, 0.1) is 11.8 Å². The molecular formula is C14H28N2O. The van der Waals surface area contributed by atoms with Crippen molar-refractivity contribution in [1.29, 1.82) is 0 Å². The van der Waals surface area contributed by atoms with Crippen LogP contribution in [0.25, 0.3) is 0 Å². The van der Waals surface area contributed by atoms with Gasteiger partial charge in [0, 0.05) is 25.0 Å². The number of piperidine rings is 1. The lowest BCUT2D eigenvalue weighted by atomic mass is 10.0. The summed E-state index contributed by atoms with van der Waals surface area (Å²) in [6.07, 6.45) is 3.45. The first kappa shape index (κ1) is 14.5. The SMILES string of the molecule is CCC(C)CNC1CCN(C(=O)C(C)C)CC1. The lowest BCUT2D eigenvalue weighted by Gasteiger charge is -2.34. The second kappa shape index (κ2) is 7.00. The number of carbonyl (C=O) groups is 1. The van der Waals surface area contributed by atoms with E-state index < -0.39 is 0 Å². The summed E-state index contributed by atoms with van der Waals surface area (Å²) in [5.74, 6) is 1.20. The van der Waals surface area contributed by atoms with Crippen LogP contribution >= 0.6 is 0 Å². The fourth-order valence-electron chi connectivity index (χ4n) is 2.18. The molecule has 0 radical (unpaired) electrons. The third-order valence-corrected chi connectivity index (χ3v) is 3.75. The van der Waals surface area contributed by atoms with Crippen molar-refractivity contribution in [2.75, 3.05) is 19.6 Å². The molecule has 0 aliphatic carbocycles. The van der Waals surface area contributed by atoms with Gasteiger partial charge in [-0.05, 0) is 25.3 Å². The van der Waals surface area contributed by atoms with E-state index >= 15 is 0 Å². The Balaban J connectivity index is 2.24. The monoisotopic (exact) mass is 240 g/mol. The van der Waals surface area contributed by atoms with Gasteiger partial charge in [0.25, 0.3) is 0 Å². The molecule has 0 saturated carbocycles. The largest absolute Gasteiger partial charge is 0.342 e. The highest BCUT2D eigenvalue weighted by Crippen LogP contribution is 2.13. The molecule has 1 amide bonds. The molecule has 1 saturated heterocycles. The molecule has 17 heavy (non-hydrogen) atoms. The number of nitrogens with one attached hydrogen (secondary N) is 1. The molecule has 1 rings (SSSR count). The molecule has 0 spiro atoms. The summed E-state index contributed by atoms with van der Waals surface area (Å²) in [5.41, 5.74) is 0. The summed E-state index contributed by atoms with van der Waals surface area (Å²) in [7, 11) is 0. The van der Waals surface area contributed by atoms with Gasteiger partial charge in [0.15, 0.2) is 0 Å². The minimum atomic E-state index is 0.139. The summed E-state index contributed by atoms with van der Waals surface area (Å²) in [4.78, 5) is 13.8. The van der Waals surface area contributed by atoms with Gasteiger partial charge in [-0.1, -0.05) is 34.1 Å². The summed E-state index contributed by atoms with van der Waals surface area (Å²) >= 11 is 0. The second-order valence-corrected chi connectivity index (χ2v) is 5.68. The quantitative estimate of drug-likeness (QED) is 0.799. The fraction of sp³-hybridized carbons (Fsp3) is 0.929. The van der Waals surface area contributed by atoms with Crippen molar-refractivity contribution >= 4 is 5.91 Å². The minimum absolute atomic E-state index is 0.139. The molecule has 3 nitrogen and oxygen atoms in total. The lowest BCUT2D eigenvalue weighted by Crippen LogP contribution is -2.46. The average molecular weight is 240 g/mol. The molecule has 1 aliphatic heterocycles. The van der Waals surface area contributed by atoms with Crippen molar-refractivity contribution in [3.05, 3.63) is 0 Å². The number of hydrogen-bond donors (Lipinski definition) is 1. The van der Waals surface area contributed by atoms with Crippen molar-refractivity contribution in [1.82, 2.24) is 10.2 Å². The Kier molecular flexibility index (Phi) is 5.96. The lowest BCUT2D eigenvalue weighted by molar-refractivity contribution is -0.135. The van der Waals surface area contributed by atoms with Crippen LogP contribution in [-0.4, -0.2) is 36.5 Å². The number of amides is 1. The highest BCUT2D eigenvalue weighted by molar-refractivity contribution is 5.78. The smallest absolute Gasteiger partial charge is 0.225 e. The predicted molar refractivity (Wildman–Crippen MR) is 71.9 cm³/mol. The number of nitrogens with zero attached hydrogens (tertiary/aromatic N) is 1. The average Bonchev–Trinajstić information content (AvgIpc) is 2.35. The number of likely N-dealkylation sites (tertiary alicyclic amines) is 1. The molecule has 1 heterocycles. The Bertz CT molecular complexity index is 232. The first-order valence-electron chi connectivity index (χ1n) is 7.06. The van der Waals surface area contributed by atoms with E-state index in [2.05, 4.69) is 19.2 Å². The molecule has 0 bridgehead atoms. The molecule has 0 aromatic carbocycles. The molecule has 3 heteroatoms. The van der Waals surface area contributed by atoms with Crippen molar-refractivity contribution in [2.24, 2.45) is 11.8 Å². The Morgan fingerprint density at radius 1 is 1.29 bits per heavy atom. The Morgan fingerprint density at radius 3 is 2.35 bits per heavy atom. The Labute approximate surface area is 106 Å². The zero-order valence-electron chi connectivity index (χ0n) is 11.8. The van der Waals surface area contributed by atoms with Crippen LogP contribution in [0.15, 0.2) is 0 Å². The molecule has 1 unspecified atom stereocenters. The highest BCUT2D eigenvalue weighted by atomic mass is 16.2. The minimum Gasteiger partial charge on any atom is -0.342 e. The van der Waals surface area contributed by atoms with Crippen molar-refractivity contribution < 1.29 is 4.79 Å². The van der Waals surface area contributed by atoms with Gasteiger partial charge in [0.05, 0.1) is 0 Å². The molecule has 1 fully saturated rings. The van der Waals surface area contributed by atoms with Gasteiger partial charge in [-0.2, -0.15) is 0 Å². The molecule has 0 aromatic rings. The van der Waals surface area contributed by atoms with E-state index in [1.807, 2.05) is 18.7 Å². The van der Waals surface area contributed by atoms with E-state index in [0.29, 0.717) is 11.9 Å². The first-order chi connectivity index (χ1) is 8.04. The van der Waals surface area contributed by atoms with E-state index in [1.165, 1.54) is 6.42 Å². The Hall–Kier alpha value is -0.570. The van der Waals surface area contributed by atoms with Gasteiger partial charge in [-0.3, -0.25) is 4.79 Å². The molecule has 0 aromatic heterocycles. The normalized spacial score (nSPS) is 19.7. The van der Waals surface area contributed by atoms with Gasteiger partial charge in [0.1, 0.15) is 0 Å². The molecule has 100 valence electrons. The van der Waals surface area contributed by atoms with Crippen LogP contribution < -0.4 is 5.32 Å². The number of hydrogen-bond acceptors (Lipinski definition) is 2. The van der Waals surface area contributed by atoms with E-state index in [9.17, 15) is 4.79 Å². The standard InChI is InChI=1S/C14H28N2O/c1-5-12(4)10-15-13-6-8-16(9-7-13)14(17)11(2)3/h11-13,15H,5-10H2,1-4H3. The zero-order chi connectivity index (χ0) is 12.8. The summed E-state index contributed by atoms with van der Waals surface area (Å²) in [6, 6.07) is 0.611. The van der Waals surface area contributed by atoms with Crippen LogP contribution in [0.2, 0.25) is 0 Å². The van der Waals surface area contributed by atoms with E-state index in [-0.39, 0.29) is 5.92 Å². The Morgan fingerprint density at radius 2 is 1.88 bits per heavy atom. The van der Waals surface area contributed by atoms with Crippen LogP contribution in [0.3, 0.4) is 0 Å². The predicted octanol–water partition coefficient (Wildman–Crippen LogP) is 2.27. The van der Waals surface area contributed by atoms with E-state index in [0.717, 1.165) is 38.4 Å². The summed E-state index contributed by atoms with van der Waals surface area (Å²) in [6.45, 7) is 11.4. The van der Waals surface area contributed by atoms with Crippen molar-refractivity contribution in [2.45, 2.75) is 53.0 Å². The topological polar surface area (TPSA) is 32.3 Å². The zero-order valence-corrected chi connectivity index (χ0v) is 11.8. The van der Waals surface area contributed by atoms with E-state index in [4.69, 9.17) is 0 Å². The fourth-order valence-corrected chi connectivity index (χ4v) is 2.18. The van der Waals surface area contributed by atoms with Gasteiger partial charge >= 0.3 is 0 Å². The third-order valence-electron chi connectivity index (χ3n) is 3.75. The van der Waals surface area contributed by atoms with Crippen molar-refractivity contribution in [3.8, 4) is 0 Å². The van der Waals surface area contributed by atoms with Gasteiger partial charge in [-0.25, -0.2) is 0 Å². The maximum atomic E-state index is 11.8. The van der Waals surface area contributed by atoms with Crippen LogP contribution in [0.4, 0.5) is 0 Å². The summed E-state index contributed by atoms with van der Waals surface area (Å²) < 4.78 is 0. The second-order valence-electron chi connectivity index (χ2n) is 5.68. The van der Waals surface area contributed by atoms with Gasteiger partial charge < -0.3 is 10.2 Å². The van der Waals surface area contributed by atoms with Gasteiger partial charge in [0.2, 0.25) is 5.91 Å². The van der Waals surface area contributed by atoms with E-state index in [1.54, 1.807) is 0 Å². The van der Waals surface area contributed by atoms with Crippen molar-refractivity contribution in [3.63, 3.8) is 0 Å². The molecule has 1 aliphatic rings. The highest BCUT2D eigenvalue weighted by Gasteiger charge is 2.23. The van der Waals surface area contributed by atoms with Crippen LogP contribution in [0.5, 0.6) is 0 Å². The summed E-state index contributed by atoms with van der Waals surface area (Å²) in [5, 5.41) is 3.62. The third kappa shape index (κ3) is 4.66.